The minimum absolute atomic E-state index is 0.288. The summed E-state index contributed by atoms with van der Waals surface area (Å²) in [5, 5.41) is 3.88. The van der Waals surface area contributed by atoms with Gasteiger partial charge in [-0.15, -0.1) is 0 Å². The molecule has 2 aromatic carbocycles. The molecule has 0 aliphatic carbocycles. The topological polar surface area (TPSA) is 34.0 Å². The number of amides is 1. The van der Waals surface area contributed by atoms with Crippen molar-refractivity contribution in [3.63, 3.8) is 0 Å². The lowest BCUT2D eigenvalue weighted by molar-refractivity contribution is 0.101. The van der Waals surface area contributed by atoms with Gasteiger partial charge >= 0.3 is 0 Å². The molecule has 3 aromatic rings. The summed E-state index contributed by atoms with van der Waals surface area (Å²) in [4.78, 5) is 12.5. The molecular formula is C17H14ClFN2O. The summed E-state index contributed by atoms with van der Waals surface area (Å²) < 4.78 is 15.5. The number of fused-ring (bicyclic) bond motifs is 1. The highest BCUT2D eigenvalue weighted by atomic mass is 35.5. The van der Waals surface area contributed by atoms with Crippen molar-refractivity contribution < 1.29 is 9.18 Å². The SMILES string of the molecule is Cc1cc(Cl)ccc1NC(=O)c1cc2c(F)cccc2n1C. The molecule has 0 fully saturated rings. The first-order chi connectivity index (χ1) is 10.5. The highest BCUT2D eigenvalue weighted by Gasteiger charge is 2.16. The first-order valence-electron chi connectivity index (χ1n) is 6.79. The summed E-state index contributed by atoms with van der Waals surface area (Å²) in [6.45, 7) is 1.86. The van der Waals surface area contributed by atoms with E-state index in [-0.39, 0.29) is 11.7 Å². The van der Waals surface area contributed by atoms with Gasteiger partial charge in [-0.3, -0.25) is 4.79 Å². The smallest absolute Gasteiger partial charge is 0.272 e. The summed E-state index contributed by atoms with van der Waals surface area (Å²) in [5.74, 6) is -0.627. The molecular weight excluding hydrogens is 303 g/mol. The summed E-state index contributed by atoms with van der Waals surface area (Å²) in [7, 11) is 1.74. The van der Waals surface area contributed by atoms with Gasteiger partial charge in [0, 0.05) is 23.1 Å². The second-order valence-corrected chi connectivity index (χ2v) is 5.61. The minimum Gasteiger partial charge on any atom is -0.340 e. The van der Waals surface area contributed by atoms with Crippen molar-refractivity contribution >= 4 is 34.1 Å². The third kappa shape index (κ3) is 2.46. The second-order valence-electron chi connectivity index (χ2n) is 5.17. The molecule has 5 heteroatoms. The van der Waals surface area contributed by atoms with Crippen molar-refractivity contribution in [1.29, 1.82) is 0 Å². The first kappa shape index (κ1) is 14.6. The van der Waals surface area contributed by atoms with Gasteiger partial charge in [0.25, 0.3) is 5.91 Å². The van der Waals surface area contributed by atoms with Gasteiger partial charge in [-0.05, 0) is 48.9 Å². The van der Waals surface area contributed by atoms with Crippen molar-refractivity contribution in [2.75, 3.05) is 5.32 Å². The molecule has 0 radical (unpaired) electrons. The highest BCUT2D eigenvalue weighted by molar-refractivity contribution is 6.30. The fraction of sp³-hybridized carbons (Fsp3) is 0.118. The van der Waals surface area contributed by atoms with Crippen LogP contribution in [0.5, 0.6) is 0 Å². The number of carbonyl (C=O) groups excluding carboxylic acids is 1. The van der Waals surface area contributed by atoms with Gasteiger partial charge in [-0.25, -0.2) is 4.39 Å². The highest BCUT2D eigenvalue weighted by Crippen LogP contribution is 2.24. The lowest BCUT2D eigenvalue weighted by Crippen LogP contribution is -2.16. The second kappa shape index (κ2) is 5.46. The molecule has 0 aliphatic rings. The van der Waals surface area contributed by atoms with Gasteiger partial charge in [-0.1, -0.05) is 17.7 Å². The van der Waals surface area contributed by atoms with Crippen LogP contribution in [0.1, 0.15) is 16.1 Å². The van der Waals surface area contributed by atoms with E-state index in [4.69, 9.17) is 11.6 Å². The number of aromatic nitrogens is 1. The van der Waals surface area contributed by atoms with Crippen molar-refractivity contribution in [2.24, 2.45) is 7.05 Å². The predicted molar refractivity (Wildman–Crippen MR) is 87.0 cm³/mol. The van der Waals surface area contributed by atoms with Crippen LogP contribution in [-0.4, -0.2) is 10.5 Å². The van der Waals surface area contributed by atoms with Gasteiger partial charge in [0.2, 0.25) is 0 Å². The van der Waals surface area contributed by atoms with E-state index >= 15 is 0 Å². The Hall–Kier alpha value is -2.33. The van der Waals surface area contributed by atoms with Crippen LogP contribution in [0.25, 0.3) is 10.9 Å². The third-order valence-electron chi connectivity index (χ3n) is 3.70. The Morgan fingerprint density at radius 1 is 1.23 bits per heavy atom. The fourth-order valence-corrected chi connectivity index (χ4v) is 2.72. The Morgan fingerprint density at radius 3 is 2.68 bits per heavy atom. The zero-order valence-corrected chi connectivity index (χ0v) is 12.9. The molecule has 0 bridgehead atoms. The Morgan fingerprint density at radius 2 is 2.00 bits per heavy atom. The molecule has 1 amide bonds. The van der Waals surface area contributed by atoms with Gasteiger partial charge in [-0.2, -0.15) is 0 Å². The molecule has 0 atom stereocenters. The number of hydrogen-bond acceptors (Lipinski definition) is 1. The molecule has 1 N–H and O–H groups in total. The number of aryl methyl sites for hydroxylation is 2. The van der Waals surface area contributed by atoms with Crippen LogP contribution >= 0.6 is 11.6 Å². The number of anilines is 1. The van der Waals surface area contributed by atoms with E-state index in [1.165, 1.54) is 6.07 Å². The van der Waals surface area contributed by atoms with Crippen LogP contribution in [-0.2, 0) is 7.05 Å². The van der Waals surface area contributed by atoms with Crippen LogP contribution in [0.15, 0.2) is 42.5 Å². The Balaban J connectivity index is 1.99. The average molecular weight is 317 g/mol. The zero-order valence-electron chi connectivity index (χ0n) is 12.2. The third-order valence-corrected chi connectivity index (χ3v) is 3.94. The minimum atomic E-state index is -0.338. The van der Waals surface area contributed by atoms with Crippen LogP contribution in [0.3, 0.4) is 0 Å². The average Bonchev–Trinajstić information content (AvgIpc) is 2.81. The maximum Gasteiger partial charge on any atom is 0.272 e. The molecule has 1 heterocycles. The van der Waals surface area contributed by atoms with Gasteiger partial charge in [0.1, 0.15) is 11.5 Å². The molecule has 0 saturated carbocycles. The van der Waals surface area contributed by atoms with Gasteiger partial charge in [0.15, 0.2) is 0 Å². The van der Waals surface area contributed by atoms with Crippen LogP contribution < -0.4 is 5.32 Å². The van der Waals surface area contributed by atoms with Crippen molar-refractivity contribution in [3.05, 3.63) is 64.6 Å². The number of nitrogens with zero attached hydrogens (tertiary/aromatic N) is 1. The summed E-state index contributed by atoms with van der Waals surface area (Å²) in [5.41, 5.74) is 2.62. The van der Waals surface area contributed by atoms with Crippen LogP contribution in [0, 0.1) is 12.7 Å². The van der Waals surface area contributed by atoms with Crippen LogP contribution in [0.4, 0.5) is 10.1 Å². The number of halogens is 2. The summed E-state index contributed by atoms with van der Waals surface area (Å²) in [6.07, 6.45) is 0. The first-order valence-corrected chi connectivity index (χ1v) is 7.16. The number of carbonyl (C=O) groups is 1. The van der Waals surface area contributed by atoms with E-state index in [0.29, 0.717) is 27.3 Å². The summed E-state index contributed by atoms with van der Waals surface area (Å²) in [6, 6.07) is 11.6. The number of rotatable bonds is 2. The maximum atomic E-state index is 13.8. The van der Waals surface area contributed by atoms with Crippen molar-refractivity contribution in [1.82, 2.24) is 4.57 Å². The molecule has 0 saturated heterocycles. The van der Waals surface area contributed by atoms with Crippen LogP contribution in [0.2, 0.25) is 5.02 Å². The maximum absolute atomic E-state index is 13.8. The molecule has 22 heavy (non-hydrogen) atoms. The molecule has 1 aromatic heterocycles. The normalized spacial score (nSPS) is 10.9. The lowest BCUT2D eigenvalue weighted by Gasteiger charge is -2.09. The molecule has 3 rings (SSSR count). The number of benzene rings is 2. The summed E-state index contributed by atoms with van der Waals surface area (Å²) >= 11 is 5.91. The largest absolute Gasteiger partial charge is 0.340 e. The molecule has 0 spiro atoms. The molecule has 112 valence electrons. The molecule has 0 aliphatic heterocycles. The Bertz CT molecular complexity index is 886. The van der Waals surface area contributed by atoms with E-state index in [9.17, 15) is 9.18 Å². The molecule has 3 nitrogen and oxygen atoms in total. The van der Waals surface area contributed by atoms with E-state index in [1.54, 1.807) is 48.0 Å². The number of nitrogens with one attached hydrogen (secondary N) is 1. The zero-order chi connectivity index (χ0) is 15.9. The van der Waals surface area contributed by atoms with Crippen molar-refractivity contribution in [2.45, 2.75) is 6.92 Å². The van der Waals surface area contributed by atoms with E-state index in [2.05, 4.69) is 5.32 Å². The van der Waals surface area contributed by atoms with Gasteiger partial charge in [0.05, 0.1) is 5.52 Å². The Kier molecular flexibility index (Phi) is 3.62. The van der Waals surface area contributed by atoms with E-state index in [1.807, 2.05) is 6.92 Å². The standard InChI is InChI=1S/C17H14ClFN2O/c1-10-8-11(18)6-7-14(10)20-17(22)16-9-12-13(19)4-3-5-15(12)21(16)2/h3-9H,1-2H3,(H,20,22). The van der Waals surface area contributed by atoms with E-state index < -0.39 is 0 Å². The number of hydrogen-bond donors (Lipinski definition) is 1. The lowest BCUT2D eigenvalue weighted by atomic mass is 10.2. The van der Waals surface area contributed by atoms with E-state index in [0.717, 1.165) is 5.56 Å². The fourth-order valence-electron chi connectivity index (χ4n) is 2.50. The van der Waals surface area contributed by atoms with Gasteiger partial charge < -0.3 is 9.88 Å². The quantitative estimate of drug-likeness (QED) is 0.740. The van der Waals surface area contributed by atoms with Crippen molar-refractivity contribution in [3.8, 4) is 0 Å². The predicted octanol–water partition coefficient (Wildman–Crippen LogP) is 4.53. The monoisotopic (exact) mass is 316 g/mol. The molecule has 0 unspecified atom stereocenters. The Labute approximate surface area is 132 Å².